The fraction of sp³-hybridized carbons (Fsp3) is 0.0625. The highest BCUT2D eigenvalue weighted by Crippen LogP contribution is 2.22. The van der Waals surface area contributed by atoms with Crippen LogP contribution in [0, 0.1) is 0 Å². The zero-order valence-corrected chi connectivity index (χ0v) is 12.2. The van der Waals surface area contributed by atoms with E-state index in [4.69, 9.17) is 0 Å². The monoisotopic (exact) mass is 326 g/mol. The number of Topliss-reactive ketones (excluding diaryl/α,β-unsaturated/α-hetero) is 1. The van der Waals surface area contributed by atoms with Crippen molar-refractivity contribution >= 4 is 32.6 Å². The van der Waals surface area contributed by atoms with Gasteiger partial charge in [-0.15, -0.1) is 0 Å². The standard InChI is InChI=1S/C16H11BrN2O/c17-13-9-12-5-1-2-6-14(12)19-16(13)15(20)8-11-4-3-7-18-10-11/h1-7,9-10H,8H2. The molecular weight excluding hydrogens is 316 g/mol. The quantitative estimate of drug-likeness (QED) is 0.687. The molecule has 0 unspecified atom stereocenters. The molecule has 2 heterocycles. The molecule has 2 aromatic heterocycles. The first-order chi connectivity index (χ1) is 9.74. The molecular formula is C16H11BrN2O. The molecule has 20 heavy (non-hydrogen) atoms. The molecule has 0 fully saturated rings. The van der Waals surface area contributed by atoms with Crippen molar-refractivity contribution in [3.63, 3.8) is 0 Å². The predicted molar refractivity (Wildman–Crippen MR) is 81.7 cm³/mol. The second-order valence-electron chi connectivity index (χ2n) is 4.47. The highest BCUT2D eigenvalue weighted by Gasteiger charge is 2.14. The molecule has 1 aromatic carbocycles. The molecule has 4 heteroatoms. The molecule has 0 saturated heterocycles. The number of benzene rings is 1. The number of ketones is 1. The summed E-state index contributed by atoms with van der Waals surface area (Å²) in [7, 11) is 0. The van der Waals surface area contributed by atoms with Crippen LogP contribution >= 0.6 is 15.9 Å². The summed E-state index contributed by atoms with van der Waals surface area (Å²) in [6.45, 7) is 0. The van der Waals surface area contributed by atoms with E-state index in [1.54, 1.807) is 12.4 Å². The van der Waals surface area contributed by atoms with Crippen molar-refractivity contribution in [1.29, 1.82) is 0 Å². The summed E-state index contributed by atoms with van der Waals surface area (Å²) in [5.41, 5.74) is 2.18. The van der Waals surface area contributed by atoms with Gasteiger partial charge in [-0.05, 0) is 39.7 Å². The van der Waals surface area contributed by atoms with Gasteiger partial charge in [-0.1, -0.05) is 24.3 Å². The van der Waals surface area contributed by atoms with Gasteiger partial charge in [-0.3, -0.25) is 9.78 Å². The van der Waals surface area contributed by atoms with Gasteiger partial charge in [-0.2, -0.15) is 0 Å². The Morgan fingerprint density at radius 2 is 2.00 bits per heavy atom. The van der Waals surface area contributed by atoms with E-state index in [9.17, 15) is 4.79 Å². The Balaban J connectivity index is 1.97. The number of pyridine rings is 2. The van der Waals surface area contributed by atoms with Crippen LogP contribution in [0.3, 0.4) is 0 Å². The molecule has 0 saturated carbocycles. The van der Waals surface area contributed by atoms with E-state index >= 15 is 0 Å². The van der Waals surface area contributed by atoms with Crippen LogP contribution in [0.4, 0.5) is 0 Å². The van der Waals surface area contributed by atoms with Gasteiger partial charge in [-0.25, -0.2) is 4.98 Å². The van der Waals surface area contributed by atoms with E-state index in [2.05, 4.69) is 25.9 Å². The van der Waals surface area contributed by atoms with Crippen LogP contribution in [0.25, 0.3) is 10.9 Å². The molecule has 98 valence electrons. The second-order valence-corrected chi connectivity index (χ2v) is 5.33. The fourth-order valence-electron chi connectivity index (χ4n) is 2.06. The van der Waals surface area contributed by atoms with Gasteiger partial charge < -0.3 is 0 Å². The maximum absolute atomic E-state index is 12.4. The summed E-state index contributed by atoms with van der Waals surface area (Å²) < 4.78 is 0.727. The normalized spacial score (nSPS) is 10.7. The Kier molecular flexibility index (Phi) is 3.56. The van der Waals surface area contributed by atoms with Crippen molar-refractivity contribution < 1.29 is 4.79 Å². The molecule has 0 spiro atoms. The van der Waals surface area contributed by atoms with Gasteiger partial charge in [0.15, 0.2) is 5.78 Å². The van der Waals surface area contributed by atoms with E-state index in [0.29, 0.717) is 12.1 Å². The first-order valence-electron chi connectivity index (χ1n) is 6.21. The lowest BCUT2D eigenvalue weighted by molar-refractivity contribution is 0.0987. The third-order valence-electron chi connectivity index (χ3n) is 3.03. The zero-order chi connectivity index (χ0) is 13.9. The van der Waals surface area contributed by atoms with Crippen LogP contribution in [-0.4, -0.2) is 15.8 Å². The third-order valence-corrected chi connectivity index (χ3v) is 3.63. The molecule has 0 bridgehead atoms. The number of aromatic nitrogens is 2. The molecule has 0 aliphatic carbocycles. The van der Waals surface area contributed by atoms with Crippen LogP contribution in [0.2, 0.25) is 0 Å². The van der Waals surface area contributed by atoms with Crippen LogP contribution in [0.15, 0.2) is 59.3 Å². The van der Waals surface area contributed by atoms with E-state index in [1.165, 1.54) is 0 Å². The summed E-state index contributed by atoms with van der Waals surface area (Å²) in [5, 5.41) is 1.01. The summed E-state index contributed by atoms with van der Waals surface area (Å²) in [4.78, 5) is 20.8. The number of nitrogens with zero attached hydrogens (tertiary/aromatic N) is 2. The van der Waals surface area contributed by atoms with Gasteiger partial charge in [0.05, 0.1) is 5.52 Å². The average molecular weight is 327 g/mol. The Bertz CT molecular complexity index is 772. The highest BCUT2D eigenvalue weighted by molar-refractivity contribution is 9.10. The van der Waals surface area contributed by atoms with Gasteiger partial charge in [0.2, 0.25) is 0 Å². The highest BCUT2D eigenvalue weighted by atomic mass is 79.9. The van der Waals surface area contributed by atoms with Crippen LogP contribution < -0.4 is 0 Å². The molecule has 3 nitrogen and oxygen atoms in total. The molecule has 3 aromatic rings. The number of hydrogen-bond donors (Lipinski definition) is 0. The number of carbonyl (C=O) groups excluding carboxylic acids is 1. The number of carbonyl (C=O) groups is 1. The molecule has 0 radical (unpaired) electrons. The Labute approximate surface area is 124 Å². The lowest BCUT2D eigenvalue weighted by atomic mass is 10.1. The number of fused-ring (bicyclic) bond motifs is 1. The van der Waals surface area contributed by atoms with E-state index in [-0.39, 0.29) is 5.78 Å². The predicted octanol–water partition coefficient (Wildman–Crippen LogP) is 3.82. The molecule has 0 aliphatic rings. The fourth-order valence-corrected chi connectivity index (χ4v) is 2.61. The van der Waals surface area contributed by atoms with Crippen molar-refractivity contribution in [2.24, 2.45) is 0 Å². The maximum atomic E-state index is 12.4. The first kappa shape index (κ1) is 12.9. The van der Waals surface area contributed by atoms with E-state index in [0.717, 1.165) is 20.9 Å². The van der Waals surface area contributed by atoms with Crippen molar-refractivity contribution in [1.82, 2.24) is 9.97 Å². The number of halogens is 1. The minimum Gasteiger partial charge on any atom is -0.292 e. The van der Waals surface area contributed by atoms with Crippen molar-refractivity contribution in [2.75, 3.05) is 0 Å². The lowest BCUT2D eigenvalue weighted by Gasteiger charge is -2.05. The smallest absolute Gasteiger partial charge is 0.186 e. The topological polar surface area (TPSA) is 42.9 Å². The molecule has 0 atom stereocenters. The summed E-state index contributed by atoms with van der Waals surface area (Å²) in [6.07, 6.45) is 3.70. The van der Waals surface area contributed by atoms with Crippen molar-refractivity contribution in [2.45, 2.75) is 6.42 Å². The van der Waals surface area contributed by atoms with Crippen LogP contribution in [0.5, 0.6) is 0 Å². The first-order valence-corrected chi connectivity index (χ1v) is 7.01. The zero-order valence-electron chi connectivity index (χ0n) is 10.6. The summed E-state index contributed by atoms with van der Waals surface area (Å²) >= 11 is 3.43. The largest absolute Gasteiger partial charge is 0.292 e. The van der Waals surface area contributed by atoms with Gasteiger partial charge >= 0.3 is 0 Å². The maximum Gasteiger partial charge on any atom is 0.186 e. The van der Waals surface area contributed by atoms with Crippen LogP contribution in [0.1, 0.15) is 16.1 Å². The Morgan fingerprint density at radius 3 is 2.80 bits per heavy atom. The minimum atomic E-state index is -0.0179. The minimum absolute atomic E-state index is 0.0179. The Hall–Kier alpha value is -2.07. The summed E-state index contributed by atoms with van der Waals surface area (Å²) in [6, 6.07) is 13.4. The van der Waals surface area contributed by atoms with Gasteiger partial charge in [0.1, 0.15) is 5.69 Å². The molecule has 0 N–H and O–H groups in total. The Morgan fingerprint density at radius 1 is 1.15 bits per heavy atom. The molecule has 0 aliphatic heterocycles. The van der Waals surface area contributed by atoms with Gasteiger partial charge in [0, 0.05) is 28.7 Å². The van der Waals surface area contributed by atoms with Crippen molar-refractivity contribution in [3.8, 4) is 0 Å². The second kappa shape index (κ2) is 5.51. The molecule has 0 amide bonds. The lowest BCUT2D eigenvalue weighted by Crippen LogP contribution is -2.07. The van der Waals surface area contributed by atoms with E-state index < -0.39 is 0 Å². The number of hydrogen-bond acceptors (Lipinski definition) is 3. The number of rotatable bonds is 3. The van der Waals surface area contributed by atoms with Gasteiger partial charge in [0.25, 0.3) is 0 Å². The average Bonchev–Trinajstić information content (AvgIpc) is 2.47. The van der Waals surface area contributed by atoms with Crippen molar-refractivity contribution in [3.05, 3.63) is 70.6 Å². The third kappa shape index (κ3) is 2.60. The SMILES string of the molecule is O=C(Cc1cccnc1)c1nc2ccccc2cc1Br. The van der Waals surface area contributed by atoms with Crippen LogP contribution in [-0.2, 0) is 6.42 Å². The summed E-state index contributed by atoms with van der Waals surface area (Å²) in [5.74, 6) is -0.0179. The molecule has 3 rings (SSSR count). The van der Waals surface area contributed by atoms with E-state index in [1.807, 2.05) is 42.5 Å². The number of para-hydroxylation sites is 1.